The Hall–Kier alpha value is -1.73. The van der Waals surface area contributed by atoms with E-state index in [2.05, 4.69) is 9.88 Å². The molecule has 0 bridgehead atoms. The van der Waals surface area contributed by atoms with Gasteiger partial charge < -0.3 is 15.6 Å². The minimum atomic E-state index is -0.366. The molecule has 1 amide bonds. The highest BCUT2D eigenvalue weighted by Crippen LogP contribution is 2.18. The van der Waals surface area contributed by atoms with Crippen LogP contribution in [0.15, 0.2) is 23.3 Å². The molecule has 0 spiro atoms. The first-order valence-corrected chi connectivity index (χ1v) is 7.26. The number of hydrogen-bond acceptors (Lipinski definition) is 4. The first kappa shape index (κ1) is 15.7. The van der Waals surface area contributed by atoms with E-state index in [1.54, 1.807) is 4.90 Å². The molecule has 114 valence electrons. The second kappa shape index (κ2) is 5.95. The fraction of sp³-hybridized carbons (Fsp3) is 0.500. The van der Waals surface area contributed by atoms with E-state index in [0.717, 1.165) is 0 Å². The molecular weight excluding hydrogens is 288 g/mol. The highest BCUT2D eigenvalue weighted by Gasteiger charge is 2.33. The molecule has 0 aliphatic carbocycles. The van der Waals surface area contributed by atoms with Gasteiger partial charge in [0.2, 0.25) is 0 Å². The van der Waals surface area contributed by atoms with Crippen LogP contribution in [0, 0.1) is 0 Å². The summed E-state index contributed by atoms with van der Waals surface area (Å²) in [5, 5.41) is 0. The molecule has 1 aromatic heterocycles. The number of thiocarbonyl (C=S) groups is 1. The zero-order valence-corrected chi connectivity index (χ0v) is 13.1. The molecule has 3 N–H and O–H groups in total. The average Bonchev–Trinajstić information content (AvgIpc) is 2.47. The van der Waals surface area contributed by atoms with Gasteiger partial charge in [0.25, 0.3) is 5.91 Å². The van der Waals surface area contributed by atoms with Gasteiger partial charge in [-0.2, -0.15) is 0 Å². The Kier molecular flexibility index (Phi) is 4.43. The Labute approximate surface area is 128 Å². The highest BCUT2D eigenvalue weighted by atomic mass is 32.1. The van der Waals surface area contributed by atoms with Gasteiger partial charge in [0, 0.05) is 44.6 Å². The fourth-order valence-electron chi connectivity index (χ4n) is 2.38. The van der Waals surface area contributed by atoms with Gasteiger partial charge in [0.1, 0.15) is 5.56 Å². The molecular formula is C14H20N4O2S. The van der Waals surface area contributed by atoms with E-state index in [-0.39, 0.29) is 22.4 Å². The summed E-state index contributed by atoms with van der Waals surface area (Å²) in [4.78, 5) is 31.1. The van der Waals surface area contributed by atoms with Crippen molar-refractivity contribution in [2.45, 2.75) is 19.4 Å². The Morgan fingerprint density at radius 2 is 1.95 bits per heavy atom. The van der Waals surface area contributed by atoms with Crippen LogP contribution in [0.2, 0.25) is 0 Å². The number of piperazine rings is 1. The van der Waals surface area contributed by atoms with Crippen LogP contribution < -0.4 is 11.2 Å². The molecule has 7 heteroatoms. The SMILES string of the molecule is CC(C)(C(N)=S)N1CCN(C(=O)c2c[nH]ccc2=O)CC1. The van der Waals surface area contributed by atoms with E-state index in [1.165, 1.54) is 18.5 Å². The minimum absolute atomic E-state index is 0.180. The molecule has 2 heterocycles. The standard InChI is InChI=1S/C14H20N4O2S/c1-14(2,13(15)21)18-7-5-17(6-8-18)12(20)10-9-16-4-3-11(10)19/h3-4,9H,5-8H2,1-2H3,(H2,15,21)(H,16,19). The molecule has 0 aromatic carbocycles. The number of pyridine rings is 1. The second-order valence-corrected chi connectivity index (χ2v) is 6.06. The second-order valence-electron chi connectivity index (χ2n) is 5.62. The number of nitrogens with one attached hydrogen (secondary N) is 1. The van der Waals surface area contributed by atoms with E-state index < -0.39 is 0 Å². The topological polar surface area (TPSA) is 82.4 Å². The molecule has 0 radical (unpaired) electrons. The van der Waals surface area contributed by atoms with Crippen molar-refractivity contribution in [1.82, 2.24) is 14.8 Å². The lowest BCUT2D eigenvalue weighted by Crippen LogP contribution is -2.60. The molecule has 21 heavy (non-hydrogen) atoms. The average molecular weight is 308 g/mol. The van der Waals surface area contributed by atoms with Crippen LogP contribution in [0.3, 0.4) is 0 Å². The lowest BCUT2D eigenvalue weighted by atomic mass is 10.0. The van der Waals surface area contributed by atoms with Crippen molar-refractivity contribution in [1.29, 1.82) is 0 Å². The first-order valence-electron chi connectivity index (χ1n) is 6.85. The maximum atomic E-state index is 12.3. The van der Waals surface area contributed by atoms with Crippen molar-refractivity contribution in [3.05, 3.63) is 34.2 Å². The number of aromatic nitrogens is 1. The number of carbonyl (C=O) groups excluding carboxylic acids is 1. The highest BCUT2D eigenvalue weighted by molar-refractivity contribution is 7.80. The normalized spacial score (nSPS) is 16.8. The molecule has 6 nitrogen and oxygen atoms in total. The summed E-state index contributed by atoms with van der Waals surface area (Å²) in [6, 6.07) is 1.36. The largest absolute Gasteiger partial charge is 0.392 e. The van der Waals surface area contributed by atoms with Crippen molar-refractivity contribution < 1.29 is 4.79 Å². The molecule has 2 rings (SSSR count). The number of H-pyrrole nitrogens is 1. The molecule has 1 fully saturated rings. The molecule has 0 unspecified atom stereocenters. The van der Waals surface area contributed by atoms with Gasteiger partial charge in [0.15, 0.2) is 5.43 Å². The van der Waals surface area contributed by atoms with Gasteiger partial charge in [-0.15, -0.1) is 0 Å². The Morgan fingerprint density at radius 3 is 2.48 bits per heavy atom. The molecule has 0 saturated carbocycles. The van der Waals surface area contributed by atoms with Crippen LogP contribution in [0.25, 0.3) is 0 Å². The first-order chi connectivity index (χ1) is 9.84. The monoisotopic (exact) mass is 308 g/mol. The van der Waals surface area contributed by atoms with Crippen LogP contribution in [0.1, 0.15) is 24.2 Å². The van der Waals surface area contributed by atoms with Crippen LogP contribution in [-0.4, -0.2) is 57.4 Å². The summed E-state index contributed by atoms with van der Waals surface area (Å²) in [6.07, 6.45) is 2.97. The molecule has 1 aliphatic heterocycles. The van der Waals surface area contributed by atoms with Crippen LogP contribution in [0.5, 0.6) is 0 Å². The third kappa shape index (κ3) is 3.14. The summed E-state index contributed by atoms with van der Waals surface area (Å²) in [5.41, 5.74) is 5.32. The Bertz CT molecular complexity index is 603. The summed E-state index contributed by atoms with van der Waals surface area (Å²) < 4.78 is 0. The number of hydrogen-bond donors (Lipinski definition) is 2. The number of amides is 1. The van der Waals surface area contributed by atoms with E-state index in [4.69, 9.17) is 18.0 Å². The lowest BCUT2D eigenvalue weighted by molar-refractivity contribution is 0.0538. The number of rotatable bonds is 3. The van der Waals surface area contributed by atoms with Crippen molar-refractivity contribution in [2.24, 2.45) is 5.73 Å². The number of carbonyl (C=O) groups is 1. The predicted molar refractivity (Wildman–Crippen MR) is 85.4 cm³/mol. The van der Waals surface area contributed by atoms with Crippen molar-refractivity contribution in [3.8, 4) is 0 Å². The third-order valence-corrected chi connectivity index (χ3v) is 4.51. The summed E-state index contributed by atoms with van der Waals surface area (Å²) >= 11 is 5.10. The fourth-order valence-corrected chi connectivity index (χ4v) is 2.51. The zero-order chi connectivity index (χ0) is 15.6. The smallest absolute Gasteiger partial charge is 0.259 e. The summed E-state index contributed by atoms with van der Waals surface area (Å²) in [7, 11) is 0. The maximum absolute atomic E-state index is 12.3. The maximum Gasteiger partial charge on any atom is 0.259 e. The summed E-state index contributed by atoms with van der Waals surface area (Å²) in [6.45, 7) is 6.43. The van der Waals surface area contributed by atoms with Crippen LogP contribution in [0.4, 0.5) is 0 Å². The van der Waals surface area contributed by atoms with E-state index in [0.29, 0.717) is 31.2 Å². The number of nitrogens with two attached hydrogens (primary N) is 1. The Balaban J connectivity index is 2.05. The van der Waals surface area contributed by atoms with Gasteiger partial charge in [-0.3, -0.25) is 14.5 Å². The number of aromatic amines is 1. The van der Waals surface area contributed by atoms with Gasteiger partial charge >= 0.3 is 0 Å². The van der Waals surface area contributed by atoms with Gasteiger partial charge in [-0.25, -0.2) is 0 Å². The van der Waals surface area contributed by atoms with E-state index in [9.17, 15) is 9.59 Å². The van der Waals surface area contributed by atoms with E-state index >= 15 is 0 Å². The van der Waals surface area contributed by atoms with Crippen molar-refractivity contribution in [2.75, 3.05) is 26.2 Å². The van der Waals surface area contributed by atoms with Crippen molar-refractivity contribution >= 4 is 23.1 Å². The molecule has 1 saturated heterocycles. The number of nitrogens with zero attached hydrogens (tertiary/aromatic N) is 2. The Morgan fingerprint density at radius 1 is 1.33 bits per heavy atom. The van der Waals surface area contributed by atoms with Gasteiger partial charge in [0.05, 0.1) is 10.5 Å². The molecule has 1 aliphatic rings. The van der Waals surface area contributed by atoms with Gasteiger partial charge in [-0.1, -0.05) is 12.2 Å². The lowest BCUT2D eigenvalue weighted by Gasteiger charge is -2.43. The predicted octanol–water partition coefficient (Wildman–Crippen LogP) is 0.197. The quantitative estimate of drug-likeness (QED) is 0.779. The summed E-state index contributed by atoms with van der Waals surface area (Å²) in [5.74, 6) is -0.232. The van der Waals surface area contributed by atoms with E-state index in [1.807, 2.05) is 13.8 Å². The minimum Gasteiger partial charge on any atom is -0.392 e. The van der Waals surface area contributed by atoms with Crippen LogP contribution >= 0.6 is 12.2 Å². The molecule has 0 atom stereocenters. The molecule has 1 aromatic rings. The van der Waals surface area contributed by atoms with Crippen molar-refractivity contribution in [3.63, 3.8) is 0 Å². The van der Waals surface area contributed by atoms with Gasteiger partial charge in [-0.05, 0) is 13.8 Å². The third-order valence-electron chi connectivity index (χ3n) is 4.01. The van der Waals surface area contributed by atoms with Crippen LogP contribution in [-0.2, 0) is 0 Å². The zero-order valence-electron chi connectivity index (χ0n) is 12.3.